The second kappa shape index (κ2) is 8.70. The fourth-order valence-electron chi connectivity index (χ4n) is 1.83. The van der Waals surface area contributed by atoms with Crippen molar-refractivity contribution >= 4 is 34.9 Å². The molecule has 0 fully saturated rings. The van der Waals surface area contributed by atoms with Crippen molar-refractivity contribution in [1.29, 1.82) is 0 Å². The van der Waals surface area contributed by atoms with E-state index in [2.05, 4.69) is 10.4 Å². The molecular formula is C16H16N4O3S. The number of hydrazone groups is 1. The monoisotopic (exact) mass is 344 g/mol. The van der Waals surface area contributed by atoms with E-state index < -0.39 is 4.92 Å². The molecule has 0 aliphatic carbocycles. The van der Waals surface area contributed by atoms with Gasteiger partial charge in [-0.15, -0.1) is 0 Å². The van der Waals surface area contributed by atoms with Crippen LogP contribution in [0, 0.1) is 10.1 Å². The molecule has 0 saturated carbocycles. The summed E-state index contributed by atoms with van der Waals surface area (Å²) >= 11 is 5.29. The molecule has 0 amide bonds. The SMILES string of the molecule is O=[N+]([O-])c1ccc(/C=N\N(CCO)C(=S)Nc2ccccc2)cc1. The molecular weight excluding hydrogens is 328 g/mol. The predicted molar refractivity (Wildman–Crippen MR) is 97.1 cm³/mol. The van der Waals surface area contributed by atoms with Crippen LogP contribution in [0.4, 0.5) is 11.4 Å². The molecule has 0 aliphatic heterocycles. The molecule has 0 radical (unpaired) electrons. The Morgan fingerprint density at radius 2 is 1.92 bits per heavy atom. The fourth-order valence-corrected chi connectivity index (χ4v) is 2.09. The summed E-state index contributed by atoms with van der Waals surface area (Å²) in [6.45, 7) is 0.107. The Morgan fingerprint density at radius 1 is 1.25 bits per heavy atom. The Morgan fingerprint density at radius 3 is 2.50 bits per heavy atom. The summed E-state index contributed by atoms with van der Waals surface area (Å²) in [6, 6.07) is 15.4. The van der Waals surface area contributed by atoms with E-state index in [0.717, 1.165) is 5.69 Å². The first-order valence-electron chi connectivity index (χ1n) is 7.13. The van der Waals surface area contributed by atoms with Gasteiger partial charge in [0, 0.05) is 17.8 Å². The summed E-state index contributed by atoms with van der Waals surface area (Å²) in [7, 11) is 0. The van der Waals surface area contributed by atoms with Gasteiger partial charge in [-0.1, -0.05) is 18.2 Å². The van der Waals surface area contributed by atoms with Crippen LogP contribution in [0.1, 0.15) is 5.56 Å². The minimum atomic E-state index is -0.460. The summed E-state index contributed by atoms with van der Waals surface area (Å²) in [5, 5.41) is 28.9. The van der Waals surface area contributed by atoms with Gasteiger partial charge in [-0.2, -0.15) is 5.10 Å². The van der Waals surface area contributed by atoms with Crippen LogP contribution in [0.5, 0.6) is 0 Å². The van der Waals surface area contributed by atoms with Crippen LogP contribution in [0.2, 0.25) is 0 Å². The molecule has 2 aromatic rings. The molecule has 0 aliphatic rings. The average molecular weight is 344 g/mol. The molecule has 0 aromatic heterocycles. The van der Waals surface area contributed by atoms with Crippen molar-refractivity contribution in [3.63, 3.8) is 0 Å². The van der Waals surface area contributed by atoms with Crippen LogP contribution in [0.25, 0.3) is 0 Å². The highest BCUT2D eigenvalue weighted by molar-refractivity contribution is 7.80. The van der Waals surface area contributed by atoms with Crippen molar-refractivity contribution in [2.75, 3.05) is 18.5 Å². The Balaban J connectivity index is 2.06. The highest BCUT2D eigenvalue weighted by Gasteiger charge is 2.08. The lowest BCUT2D eigenvalue weighted by molar-refractivity contribution is -0.384. The molecule has 0 saturated heterocycles. The molecule has 124 valence electrons. The normalized spacial score (nSPS) is 10.5. The maximum Gasteiger partial charge on any atom is 0.269 e. The van der Waals surface area contributed by atoms with Crippen LogP contribution in [0.15, 0.2) is 59.7 Å². The lowest BCUT2D eigenvalue weighted by Crippen LogP contribution is -2.32. The maximum absolute atomic E-state index is 10.6. The number of thiocarbonyl (C=S) groups is 1. The molecule has 0 spiro atoms. The zero-order chi connectivity index (χ0) is 17.4. The summed E-state index contributed by atoms with van der Waals surface area (Å²) in [5.41, 5.74) is 1.52. The maximum atomic E-state index is 10.6. The molecule has 2 N–H and O–H groups in total. The lowest BCUT2D eigenvalue weighted by Gasteiger charge is -2.19. The number of nitro groups is 1. The van der Waals surface area contributed by atoms with E-state index in [4.69, 9.17) is 17.3 Å². The first kappa shape index (κ1) is 17.5. The smallest absolute Gasteiger partial charge is 0.269 e. The predicted octanol–water partition coefficient (Wildman–Crippen LogP) is 2.62. The molecule has 0 atom stereocenters. The number of hydrogen-bond donors (Lipinski definition) is 2. The van der Waals surface area contributed by atoms with Crippen molar-refractivity contribution in [2.45, 2.75) is 0 Å². The van der Waals surface area contributed by atoms with Crippen LogP contribution >= 0.6 is 12.2 Å². The number of aliphatic hydroxyl groups is 1. The number of hydrogen-bond acceptors (Lipinski definition) is 5. The van der Waals surface area contributed by atoms with E-state index in [1.165, 1.54) is 23.4 Å². The molecule has 0 bridgehead atoms. The van der Waals surface area contributed by atoms with Crippen LogP contribution in [-0.2, 0) is 0 Å². The minimum Gasteiger partial charge on any atom is -0.394 e. The fraction of sp³-hybridized carbons (Fsp3) is 0.125. The van der Waals surface area contributed by atoms with Crippen molar-refractivity contribution < 1.29 is 10.0 Å². The number of rotatable bonds is 6. The lowest BCUT2D eigenvalue weighted by atomic mass is 10.2. The van der Waals surface area contributed by atoms with Gasteiger partial charge in [0.2, 0.25) is 0 Å². The summed E-state index contributed by atoms with van der Waals surface area (Å²) < 4.78 is 0. The molecule has 0 heterocycles. The number of anilines is 1. The van der Waals surface area contributed by atoms with E-state index in [9.17, 15) is 10.1 Å². The van der Waals surface area contributed by atoms with Gasteiger partial charge in [-0.3, -0.25) is 10.1 Å². The van der Waals surface area contributed by atoms with Gasteiger partial charge in [0.1, 0.15) is 0 Å². The summed E-state index contributed by atoms with van der Waals surface area (Å²) in [4.78, 5) is 10.2. The number of para-hydroxylation sites is 1. The van der Waals surface area contributed by atoms with E-state index >= 15 is 0 Å². The van der Waals surface area contributed by atoms with Gasteiger partial charge in [-0.25, -0.2) is 5.01 Å². The van der Waals surface area contributed by atoms with Gasteiger partial charge in [0.05, 0.1) is 24.3 Å². The summed E-state index contributed by atoms with van der Waals surface area (Å²) in [5.74, 6) is 0. The highest BCUT2D eigenvalue weighted by atomic mass is 32.1. The third kappa shape index (κ3) is 5.11. The third-order valence-corrected chi connectivity index (χ3v) is 3.33. The average Bonchev–Trinajstić information content (AvgIpc) is 2.59. The molecule has 0 unspecified atom stereocenters. The van der Waals surface area contributed by atoms with Crippen molar-refractivity contribution in [3.8, 4) is 0 Å². The van der Waals surface area contributed by atoms with E-state index in [1.54, 1.807) is 12.1 Å². The number of nitro benzene ring substituents is 1. The van der Waals surface area contributed by atoms with Crippen molar-refractivity contribution in [1.82, 2.24) is 5.01 Å². The topological polar surface area (TPSA) is 91.0 Å². The molecule has 24 heavy (non-hydrogen) atoms. The first-order valence-corrected chi connectivity index (χ1v) is 7.54. The van der Waals surface area contributed by atoms with Gasteiger partial charge >= 0.3 is 0 Å². The molecule has 2 aromatic carbocycles. The quantitative estimate of drug-likeness (QED) is 0.362. The zero-order valence-corrected chi connectivity index (χ0v) is 13.5. The van der Waals surface area contributed by atoms with E-state index in [1.807, 2.05) is 30.3 Å². The van der Waals surface area contributed by atoms with Gasteiger partial charge < -0.3 is 10.4 Å². The second-order valence-electron chi connectivity index (χ2n) is 4.74. The van der Waals surface area contributed by atoms with Crippen LogP contribution < -0.4 is 5.32 Å². The number of benzene rings is 2. The van der Waals surface area contributed by atoms with Crippen molar-refractivity contribution in [3.05, 3.63) is 70.3 Å². The van der Waals surface area contributed by atoms with Gasteiger partial charge in [-0.05, 0) is 42.0 Å². The second-order valence-corrected chi connectivity index (χ2v) is 5.12. The molecule has 8 heteroatoms. The van der Waals surface area contributed by atoms with Gasteiger partial charge in [0.15, 0.2) is 5.11 Å². The largest absolute Gasteiger partial charge is 0.394 e. The van der Waals surface area contributed by atoms with Crippen LogP contribution in [-0.4, -0.2) is 39.5 Å². The number of nitrogens with one attached hydrogen (secondary N) is 1. The standard InChI is InChI=1S/C16H16N4O3S/c21-11-10-19(16(24)18-14-4-2-1-3-5-14)17-12-13-6-8-15(9-7-13)20(22)23/h1-9,12,21H,10-11H2,(H,18,24)/b17-12-. The van der Waals surface area contributed by atoms with E-state index in [-0.39, 0.29) is 18.8 Å². The van der Waals surface area contributed by atoms with E-state index in [0.29, 0.717) is 10.7 Å². The Bertz CT molecular complexity index is 720. The Labute approximate surface area is 144 Å². The Hall–Kier alpha value is -2.84. The molecule has 7 nitrogen and oxygen atoms in total. The van der Waals surface area contributed by atoms with Gasteiger partial charge in [0.25, 0.3) is 5.69 Å². The third-order valence-electron chi connectivity index (χ3n) is 3.02. The number of non-ortho nitro benzene ring substituents is 1. The zero-order valence-electron chi connectivity index (χ0n) is 12.7. The van der Waals surface area contributed by atoms with Crippen molar-refractivity contribution in [2.24, 2.45) is 5.10 Å². The highest BCUT2D eigenvalue weighted by Crippen LogP contribution is 2.11. The molecule has 2 rings (SSSR count). The first-order chi connectivity index (χ1) is 11.6. The van der Waals surface area contributed by atoms with Crippen LogP contribution in [0.3, 0.4) is 0 Å². The Kier molecular flexibility index (Phi) is 6.35. The minimum absolute atomic E-state index is 0.0145. The number of nitrogens with zero attached hydrogens (tertiary/aromatic N) is 3. The number of aliphatic hydroxyl groups excluding tert-OH is 1. The summed E-state index contributed by atoms with van der Waals surface area (Å²) in [6.07, 6.45) is 1.53.